The first-order valence-electron chi connectivity index (χ1n) is 7.16. The van der Waals surface area contributed by atoms with Gasteiger partial charge < -0.3 is 14.5 Å². The van der Waals surface area contributed by atoms with E-state index in [1.54, 1.807) is 19.1 Å². The Morgan fingerprint density at radius 3 is 2.62 bits per heavy atom. The maximum atomic E-state index is 13.2. The van der Waals surface area contributed by atoms with Crippen LogP contribution in [0.4, 0.5) is 4.39 Å². The smallest absolute Gasteiger partial charge is 0.146 e. The topological polar surface area (TPSA) is 34.4 Å². The first-order valence-corrected chi connectivity index (χ1v) is 7.16. The predicted molar refractivity (Wildman–Crippen MR) is 80.9 cm³/mol. The highest BCUT2D eigenvalue weighted by atomic mass is 19.1. The van der Waals surface area contributed by atoms with E-state index in [-0.39, 0.29) is 5.82 Å². The van der Waals surface area contributed by atoms with E-state index in [1.165, 1.54) is 6.07 Å². The summed E-state index contributed by atoms with van der Waals surface area (Å²) in [5.74, 6) is 2.12. The third kappa shape index (κ3) is 4.33. The second-order valence-electron chi connectivity index (χ2n) is 5.55. The van der Waals surface area contributed by atoms with Gasteiger partial charge >= 0.3 is 0 Å². The molecule has 0 aliphatic rings. The standard InChI is InChI=1S/C17H22FNO2/c1-11(2)19-9-17-13(4)8-15(21-17)10-20-14-5-6-16(18)12(3)7-14/h5-8,11,19H,9-10H2,1-4H3. The summed E-state index contributed by atoms with van der Waals surface area (Å²) >= 11 is 0. The molecule has 114 valence electrons. The van der Waals surface area contributed by atoms with Crippen molar-refractivity contribution in [2.45, 2.75) is 46.9 Å². The van der Waals surface area contributed by atoms with Crippen LogP contribution in [0, 0.1) is 19.7 Å². The molecule has 1 aromatic heterocycles. The molecular formula is C17H22FNO2. The van der Waals surface area contributed by atoms with E-state index in [4.69, 9.17) is 9.15 Å². The van der Waals surface area contributed by atoms with Crippen LogP contribution < -0.4 is 10.1 Å². The summed E-state index contributed by atoms with van der Waals surface area (Å²) in [6.45, 7) is 8.98. The first kappa shape index (κ1) is 15.6. The Kier molecular flexibility index (Phi) is 5.02. The molecule has 4 heteroatoms. The third-order valence-corrected chi connectivity index (χ3v) is 3.25. The molecule has 1 heterocycles. The van der Waals surface area contributed by atoms with Crippen molar-refractivity contribution in [3.05, 3.63) is 52.7 Å². The zero-order valence-electron chi connectivity index (χ0n) is 13.0. The summed E-state index contributed by atoms with van der Waals surface area (Å²) in [7, 11) is 0. The molecule has 2 rings (SSSR count). The minimum atomic E-state index is -0.224. The van der Waals surface area contributed by atoms with Crippen molar-refractivity contribution in [1.29, 1.82) is 0 Å². The monoisotopic (exact) mass is 291 g/mol. The summed E-state index contributed by atoms with van der Waals surface area (Å²) in [6, 6.07) is 7.12. The molecule has 1 aromatic carbocycles. The minimum Gasteiger partial charge on any atom is -0.486 e. The Morgan fingerprint density at radius 2 is 1.95 bits per heavy atom. The van der Waals surface area contributed by atoms with Gasteiger partial charge in [0.05, 0.1) is 6.54 Å². The van der Waals surface area contributed by atoms with E-state index in [0.717, 1.165) is 17.1 Å². The van der Waals surface area contributed by atoms with Gasteiger partial charge in [-0.1, -0.05) is 13.8 Å². The fourth-order valence-electron chi connectivity index (χ4n) is 2.00. The molecule has 0 aliphatic carbocycles. The Hall–Kier alpha value is -1.81. The summed E-state index contributed by atoms with van der Waals surface area (Å²) < 4.78 is 24.6. The van der Waals surface area contributed by atoms with Crippen LogP contribution in [0.5, 0.6) is 5.75 Å². The fraction of sp³-hybridized carbons (Fsp3) is 0.412. The number of ether oxygens (including phenoxy) is 1. The minimum absolute atomic E-state index is 0.224. The highest BCUT2D eigenvalue weighted by Crippen LogP contribution is 2.20. The van der Waals surface area contributed by atoms with Gasteiger partial charge in [-0.05, 0) is 49.2 Å². The Morgan fingerprint density at radius 1 is 1.19 bits per heavy atom. The van der Waals surface area contributed by atoms with E-state index in [9.17, 15) is 4.39 Å². The molecule has 0 saturated heterocycles. The number of benzene rings is 1. The van der Waals surface area contributed by atoms with Crippen LogP contribution in [-0.4, -0.2) is 6.04 Å². The predicted octanol–water partition coefficient (Wildman–Crippen LogP) is 4.11. The molecule has 0 bridgehead atoms. The first-order chi connectivity index (χ1) is 9.95. The average Bonchev–Trinajstić information content (AvgIpc) is 2.78. The van der Waals surface area contributed by atoms with Gasteiger partial charge in [0.25, 0.3) is 0 Å². The van der Waals surface area contributed by atoms with E-state index in [0.29, 0.717) is 30.5 Å². The molecule has 1 N–H and O–H groups in total. The number of nitrogens with one attached hydrogen (secondary N) is 1. The highest BCUT2D eigenvalue weighted by molar-refractivity contribution is 5.29. The van der Waals surface area contributed by atoms with Crippen LogP contribution in [0.2, 0.25) is 0 Å². The van der Waals surface area contributed by atoms with Gasteiger partial charge in [-0.15, -0.1) is 0 Å². The molecule has 21 heavy (non-hydrogen) atoms. The molecule has 3 nitrogen and oxygen atoms in total. The van der Waals surface area contributed by atoms with Crippen molar-refractivity contribution in [3.8, 4) is 5.75 Å². The molecule has 0 atom stereocenters. The zero-order valence-corrected chi connectivity index (χ0v) is 13.0. The summed E-state index contributed by atoms with van der Waals surface area (Å²) in [6.07, 6.45) is 0. The lowest BCUT2D eigenvalue weighted by atomic mass is 10.2. The SMILES string of the molecule is Cc1cc(OCc2cc(C)c(CNC(C)C)o2)ccc1F. The lowest BCUT2D eigenvalue weighted by molar-refractivity contribution is 0.264. The molecule has 2 aromatic rings. The molecule has 0 aliphatic heterocycles. The van der Waals surface area contributed by atoms with Gasteiger partial charge in [-0.3, -0.25) is 0 Å². The summed E-state index contributed by atoms with van der Waals surface area (Å²) in [4.78, 5) is 0. The summed E-state index contributed by atoms with van der Waals surface area (Å²) in [5, 5.41) is 3.33. The van der Waals surface area contributed by atoms with Crippen molar-refractivity contribution < 1.29 is 13.5 Å². The lowest BCUT2D eigenvalue weighted by Crippen LogP contribution is -2.21. The maximum Gasteiger partial charge on any atom is 0.146 e. The van der Waals surface area contributed by atoms with Gasteiger partial charge in [0.1, 0.15) is 29.7 Å². The lowest BCUT2D eigenvalue weighted by Gasteiger charge is -2.07. The van der Waals surface area contributed by atoms with Gasteiger partial charge in [0, 0.05) is 6.04 Å². The van der Waals surface area contributed by atoms with Crippen LogP contribution in [-0.2, 0) is 13.2 Å². The van der Waals surface area contributed by atoms with Crippen molar-refractivity contribution in [3.63, 3.8) is 0 Å². The Bertz CT molecular complexity index is 605. The van der Waals surface area contributed by atoms with Crippen LogP contribution in [0.25, 0.3) is 0 Å². The summed E-state index contributed by atoms with van der Waals surface area (Å²) in [5.41, 5.74) is 1.68. The average molecular weight is 291 g/mol. The van der Waals surface area contributed by atoms with Crippen LogP contribution >= 0.6 is 0 Å². The van der Waals surface area contributed by atoms with Crippen LogP contribution in [0.15, 0.2) is 28.7 Å². The van der Waals surface area contributed by atoms with Crippen molar-refractivity contribution in [2.24, 2.45) is 0 Å². The number of aryl methyl sites for hydroxylation is 2. The number of furan rings is 1. The van der Waals surface area contributed by atoms with Gasteiger partial charge in [-0.2, -0.15) is 0 Å². The zero-order chi connectivity index (χ0) is 15.4. The van der Waals surface area contributed by atoms with E-state index < -0.39 is 0 Å². The Labute approximate surface area is 125 Å². The van der Waals surface area contributed by atoms with E-state index in [1.807, 2.05) is 13.0 Å². The second kappa shape index (κ2) is 6.76. The number of hydrogen-bond acceptors (Lipinski definition) is 3. The number of halogens is 1. The van der Waals surface area contributed by atoms with E-state index >= 15 is 0 Å². The maximum absolute atomic E-state index is 13.2. The van der Waals surface area contributed by atoms with Crippen molar-refractivity contribution in [2.75, 3.05) is 0 Å². The van der Waals surface area contributed by atoms with Crippen LogP contribution in [0.3, 0.4) is 0 Å². The van der Waals surface area contributed by atoms with Crippen molar-refractivity contribution >= 4 is 0 Å². The molecular weight excluding hydrogens is 269 g/mol. The van der Waals surface area contributed by atoms with Crippen molar-refractivity contribution in [1.82, 2.24) is 5.32 Å². The number of hydrogen-bond donors (Lipinski definition) is 1. The molecule has 0 amide bonds. The molecule has 0 spiro atoms. The fourth-order valence-corrected chi connectivity index (χ4v) is 2.00. The van der Waals surface area contributed by atoms with Crippen LogP contribution in [0.1, 0.15) is 36.5 Å². The highest BCUT2D eigenvalue weighted by Gasteiger charge is 2.09. The third-order valence-electron chi connectivity index (χ3n) is 3.25. The van der Waals surface area contributed by atoms with Gasteiger partial charge in [-0.25, -0.2) is 4.39 Å². The van der Waals surface area contributed by atoms with Gasteiger partial charge in [0.15, 0.2) is 0 Å². The van der Waals surface area contributed by atoms with E-state index in [2.05, 4.69) is 19.2 Å². The molecule has 0 saturated carbocycles. The second-order valence-corrected chi connectivity index (χ2v) is 5.55. The molecule has 0 radical (unpaired) electrons. The quantitative estimate of drug-likeness (QED) is 0.869. The largest absolute Gasteiger partial charge is 0.486 e. The number of rotatable bonds is 6. The normalized spacial score (nSPS) is 11.1. The molecule has 0 fully saturated rings. The molecule has 0 unspecified atom stereocenters. The Balaban J connectivity index is 1.96. The van der Waals surface area contributed by atoms with Gasteiger partial charge in [0.2, 0.25) is 0 Å².